The van der Waals surface area contributed by atoms with Crippen LogP contribution in [0, 0.1) is 18.3 Å². The number of rotatable bonds is 7. The standard InChI is InChI=1S/C27H31N7O3S/c1-3-19-14-24(32-27(35)29-20-8-4-5-9-20)31-25-21(19)15-28-26(33-25)30-22-10-6-7-11-23(22)34-13-12-18(16-34)17-38(2,36)37/h1,6-7,10-11,14-15,18,20H,4-5,8-9,12-13,16-17H2,2H3,(H3,28,29,30,31,32,33,35). The molecule has 1 atom stereocenters. The van der Waals surface area contributed by atoms with Crippen molar-refractivity contribution < 1.29 is 13.2 Å². The summed E-state index contributed by atoms with van der Waals surface area (Å²) in [6, 6.07) is 9.29. The molecule has 5 rings (SSSR count). The maximum Gasteiger partial charge on any atom is 0.320 e. The molecule has 38 heavy (non-hydrogen) atoms. The van der Waals surface area contributed by atoms with Gasteiger partial charge in [-0.25, -0.2) is 23.2 Å². The van der Waals surface area contributed by atoms with E-state index in [1.165, 1.54) is 6.26 Å². The van der Waals surface area contributed by atoms with Gasteiger partial charge in [0, 0.05) is 37.1 Å². The summed E-state index contributed by atoms with van der Waals surface area (Å²) < 4.78 is 23.5. The Balaban J connectivity index is 1.36. The number of benzene rings is 1. The number of terminal acetylenes is 1. The van der Waals surface area contributed by atoms with Gasteiger partial charge in [-0.1, -0.05) is 30.9 Å². The van der Waals surface area contributed by atoms with Gasteiger partial charge in [0.1, 0.15) is 15.7 Å². The first-order chi connectivity index (χ1) is 18.3. The molecule has 3 N–H and O–H groups in total. The van der Waals surface area contributed by atoms with Crippen LogP contribution >= 0.6 is 0 Å². The molecule has 1 aliphatic carbocycles. The van der Waals surface area contributed by atoms with Gasteiger partial charge >= 0.3 is 6.03 Å². The molecule has 1 unspecified atom stereocenters. The number of fused-ring (bicyclic) bond motifs is 1. The summed E-state index contributed by atoms with van der Waals surface area (Å²) in [5.41, 5.74) is 2.64. The average molecular weight is 534 g/mol. The second-order valence-electron chi connectivity index (χ2n) is 10.0. The van der Waals surface area contributed by atoms with Gasteiger partial charge in [0.15, 0.2) is 5.65 Å². The summed E-state index contributed by atoms with van der Waals surface area (Å²) in [5, 5.41) is 9.65. The fourth-order valence-electron chi connectivity index (χ4n) is 5.25. The van der Waals surface area contributed by atoms with Gasteiger partial charge in [-0.15, -0.1) is 6.42 Å². The van der Waals surface area contributed by atoms with Crippen molar-refractivity contribution in [1.82, 2.24) is 20.3 Å². The van der Waals surface area contributed by atoms with E-state index in [1.54, 1.807) is 12.3 Å². The number of urea groups is 1. The second-order valence-corrected chi connectivity index (χ2v) is 12.2. The molecule has 1 aromatic carbocycles. The van der Waals surface area contributed by atoms with Crippen LogP contribution in [0.25, 0.3) is 11.0 Å². The zero-order valence-electron chi connectivity index (χ0n) is 21.3. The first kappa shape index (κ1) is 25.7. The Kier molecular flexibility index (Phi) is 7.33. The lowest BCUT2D eigenvalue weighted by molar-refractivity contribution is 0.248. The predicted octanol–water partition coefficient (Wildman–Crippen LogP) is 3.68. The van der Waals surface area contributed by atoms with Crippen LogP contribution in [0.2, 0.25) is 0 Å². The maximum atomic E-state index is 12.5. The number of hydrogen-bond acceptors (Lipinski definition) is 8. The molecule has 10 nitrogen and oxygen atoms in total. The van der Waals surface area contributed by atoms with E-state index in [1.807, 2.05) is 24.3 Å². The quantitative estimate of drug-likeness (QED) is 0.392. The molecule has 0 spiro atoms. The van der Waals surface area contributed by atoms with Crippen molar-refractivity contribution in [2.75, 3.05) is 40.6 Å². The van der Waals surface area contributed by atoms with Crippen LogP contribution in [-0.4, -0.2) is 60.5 Å². The van der Waals surface area contributed by atoms with Crippen molar-refractivity contribution in [3.8, 4) is 12.3 Å². The van der Waals surface area contributed by atoms with Crippen LogP contribution in [0.3, 0.4) is 0 Å². The summed E-state index contributed by atoms with van der Waals surface area (Å²) in [4.78, 5) is 28.2. The number of anilines is 4. The summed E-state index contributed by atoms with van der Waals surface area (Å²) in [5.74, 6) is 3.56. The van der Waals surface area contributed by atoms with E-state index in [9.17, 15) is 13.2 Å². The molecular formula is C27H31N7O3S. The second kappa shape index (κ2) is 10.8. The Morgan fingerprint density at radius 1 is 1.18 bits per heavy atom. The summed E-state index contributed by atoms with van der Waals surface area (Å²) in [7, 11) is -3.03. The highest BCUT2D eigenvalue weighted by Crippen LogP contribution is 2.32. The lowest BCUT2D eigenvalue weighted by atomic mass is 10.2. The highest BCUT2D eigenvalue weighted by molar-refractivity contribution is 7.90. The normalized spacial score (nSPS) is 17.9. The van der Waals surface area contributed by atoms with Gasteiger partial charge in [0.05, 0.1) is 22.5 Å². The van der Waals surface area contributed by atoms with Gasteiger partial charge in [0.25, 0.3) is 0 Å². The summed E-state index contributed by atoms with van der Waals surface area (Å²) in [6.45, 7) is 1.43. The number of carbonyl (C=O) groups is 1. The molecule has 3 aromatic rings. The number of amides is 2. The van der Waals surface area contributed by atoms with E-state index < -0.39 is 9.84 Å². The van der Waals surface area contributed by atoms with E-state index in [0.717, 1.165) is 50.0 Å². The average Bonchev–Trinajstić information content (AvgIpc) is 3.55. The summed E-state index contributed by atoms with van der Waals surface area (Å²) >= 11 is 0. The Morgan fingerprint density at radius 3 is 2.74 bits per heavy atom. The Labute approximate surface area is 222 Å². The largest absolute Gasteiger partial charge is 0.370 e. The minimum absolute atomic E-state index is 0.0955. The number of nitrogens with zero attached hydrogens (tertiary/aromatic N) is 4. The molecule has 1 aliphatic heterocycles. The maximum absolute atomic E-state index is 12.5. The molecule has 0 radical (unpaired) electrons. The van der Waals surface area contributed by atoms with Crippen LogP contribution in [0.15, 0.2) is 36.5 Å². The van der Waals surface area contributed by atoms with E-state index >= 15 is 0 Å². The van der Waals surface area contributed by atoms with E-state index in [2.05, 4.69) is 41.7 Å². The molecular weight excluding hydrogens is 502 g/mol. The van der Waals surface area contributed by atoms with E-state index in [0.29, 0.717) is 34.9 Å². The lowest BCUT2D eigenvalue weighted by Crippen LogP contribution is -2.36. The van der Waals surface area contributed by atoms with Gasteiger partial charge in [0.2, 0.25) is 5.95 Å². The first-order valence-electron chi connectivity index (χ1n) is 12.8. The van der Waals surface area contributed by atoms with Crippen molar-refractivity contribution in [3.05, 3.63) is 42.1 Å². The highest BCUT2D eigenvalue weighted by Gasteiger charge is 2.27. The topological polar surface area (TPSA) is 129 Å². The molecule has 198 valence electrons. The Hall–Kier alpha value is -3.91. The van der Waals surface area contributed by atoms with E-state index in [-0.39, 0.29) is 23.7 Å². The van der Waals surface area contributed by atoms with Gasteiger partial charge in [-0.2, -0.15) is 4.98 Å². The zero-order valence-corrected chi connectivity index (χ0v) is 22.1. The molecule has 0 bridgehead atoms. The molecule has 2 amide bonds. The predicted molar refractivity (Wildman–Crippen MR) is 149 cm³/mol. The minimum atomic E-state index is -3.03. The smallest absolute Gasteiger partial charge is 0.320 e. The van der Waals surface area contributed by atoms with Crippen LogP contribution in [-0.2, 0) is 9.84 Å². The van der Waals surface area contributed by atoms with Gasteiger partial charge in [-0.05, 0) is 43.4 Å². The number of pyridine rings is 1. The number of para-hydroxylation sites is 2. The third-order valence-corrected chi connectivity index (χ3v) is 8.05. The lowest BCUT2D eigenvalue weighted by Gasteiger charge is -2.22. The van der Waals surface area contributed by atoms with Gasteiger partial charge < -0.3 is 15.5 Å². The number of carbonyl (C=O) groups excluding carboxylic acids is 1. The van der Waals surface area contributed by atoms with Crippen molar-refractivity contribution in [1.29, 1.82) is 0 Å². The van der Waals surface area contributed by atoms with Crippen molar-refractivity contribution >= 4 is 50.0 Å². The first-order valence-corrected chi connectivity index (χ1v) is 14.8. The van der Waals surface area contributed by atoms with Crippen molar-refractivity contribution in [3.63, 3.8) is 0 Å². The molecule has 2 aliphatic rings. The molecule has 1 saturated carbocycles. The Bertz CT molecular complexity index is 1500. The van der Waals surface area contributed by atoms with Crippen LogP contribution < -0.4 is 20.9 Å². The minimum Gasteiger partial charge on any atom is -0.370 e. The molecule has 1 saturated heterocycles. The third kappa shape index (κ3) is 6.14. The Morgan fingerprint density at radius 2 is 1.97 bits per heavy atom. The van der Waals surface area contributed by atoms with Crippen LogP contribution in [0.1, 0.15) is 37.7 Å². The van der Waals surface area contributed by atoms with Crippen LogP contribution in [0.4, 0.5) is 27.9 Å². The molecule has 11 heteroatoms. The number of nitrogens with one attached hydrogen (secondary N) is 3. The number of hydrogen-bond donors (Lipinski definition) is 3. The van der Waals surface area contributed by atoms with Crippen LogP contribution in [0.5, 0.6) is 0 Å². The fraction of sp³-hybridized carbons (Fsp3) is 0.407. The molecule has 3 heterocycles. The molecule has 2 aromatic heterocycles. The number of sulfone groups is 1. The van der Waals surface area contributed by atoms with Gasteiger partial charge in [-0.3, -0.25) is 5.32 Å². The fourth-order valence-corrected chi connectivity index (χ4v) is 6.38. The monoisotopic (exact) mass is 533 g/mol. The number of aromatic nitrogens is 3. The van der Waals surface area contributed by atoms with E-state index in [4.69, 9.17) is 6.42 Å². The SMILES string of the molecule is C#Cc1cc(NC(=O)NC2CCCC2)nc2nc(Nc3ccccc3N3CCC(CS(C)(=O)=O)C3)ncc12. The highest BCUT2D eigenvalue weighted by atomic mass is 32.2. The third-order valence-electron chi connectivity index (χ3n) is 6.97. The zero-order chi connectivity index (χ0) is 26.7. The van der Waals surface area contributed by atoms with Crippen molar-refractivity contribution in [2.24, 2.45) is 5.92 Å². The molecule has 2 fully saturated rings. The summed E-state index contributed by atoms with van der Waals surface area (Å²) in [6.07, 6.45) is 13.6. The van der Waals surface area contributed by atoms with Crippen molar-refractivity contribution in [2.45, 2.75) is 38.1 Å².